The summed E-state index contributed by atoms with van der Waals surface area (Å²) in [6.07, 6.45) is 5.41. The lowest BCUT2D eigenvalue weighted by molar-refractivity contribution is -0.153. The average molecular weight is 287 g/mol. The highest BCUT2D eigenvalue weighted by Crippen LogP contribution is 2.38. The Hall–Kier alpha value is -2.48. The molecule has 1 aliphatic rings. The number of hydrogen-bond donors (Lipinski definition) is 1. The molecule has 0 unspecified atom stereocenters. The van der Waals surface area contributed by atoms with E-state index >= 15 is 0 Å². The van der Waals surface area contributed by atoms with Gasteiger partial charge in [-0.05, 0) is 18.4 Å². The average Bonchev–Trinajstić information content (AvgIpc) is 2.48. The van der Waals surface area contributed by atoms with Crippen LogP contribution in [0.25, 0.3) is 0 Å². The van der Waals surface area contributed by atoms with Gasteiger partial charge in [0.2, 0.25) is 0 Å². The van der Waals surface area contributed by atoms with E-state index in [1.165, 1.54) is 7.11 Å². The fraction of sp³-hybridized carbons (Fsp3) is 0.375. The van der Waals surface area contributed by atoms with Crippen LogP contribution in [0.5, 0.6) is 0 Å². The Balaban J connectivity index is 1.91. The molecule has 1 aromatic carbocycles. The molecule has 1 aromatic rings. The van der Waals surface area contributed by atoms with Crippen molar-refractivity contribution in [2.24, 2.45) is 5.92 Å². The molecule has 0 atom stereocenters. The first kappa shape index (κ1) is 14.9. The summed E-state index contributed by atoms with van der Waals surface area (Å²) in [5.41, 5.74) is -0.186. The standard InChI is InChI=1S/C16H17NO4/c1-3-12-9-16(10-12,14(18)20-2)17-15(19)21-11-13-7-5-4-6-8-13/h1,4-8,12H,9-11H2,2H3,(H,17,19). The molecule has 5 nitrogen and oxygen atoms in total. The predicted octanol–water partition coefficient (Wildman–Crippen LogP) is 1.87. The summed E-state index contributed by atoms with van der Waals surface area (Å²) in [4.78, 5) is 23.7. The zero-order chi connectivity index (χ0) is 15.3. The molecule has 2 rings (SSSR count). The van der Waals surface area contributed by atoms with Gasteiger partial charge in [-0.1, -0.05) is 30.3 Å². The van der Waals surface area contributed by atoms with E-state index in [9.17, 15) is 9.59 Å². The third kappa shape index (κ3) is 3.34. The lowest BCUT2D eigenvalue weighted by Gasteiger charge is -2.42. The normalized spacial score (nSPS) is 23.3. The van der Waals surface area contributed by atoms with Crippen molar-refractivity contribution in [3.63, 3.8) is 0 Å². The van der Waals surface area contributed by atoms with E-state index in [1.54, 1.807) is 0 Å². The molecule has 1 amide bonds. The minimum atomic E-state index is -1.06. The highest BCUT2D eigenvalue weighted by Gasteiger charge is 2.52. The Morgan fingerprint density at radius 2 is 2.05 bits per heavy atom. The number of esters is 1. The number of carbonyl (C=O) groups excluding carboxylic acids is 2. The fourth-order valence-corrected chi connectivity index (χ4v) is 2.37. The van der Waals surface area contributed by atoms with E-state index in [0.717, 1.165) is 5.56 Å². The van der Waals surface area contributed by atoms with E-state index in [1.807, 2.05) is 30.3 Å². The number of ether oxygens (including phenoxy) is 2. The van der Waals surface area contributed by atoms with Gasteiger partial charge in [0.25, 0.3) is 0 Å². The van der Waals surface area contributed by atoms with Gasteiger partial charge in [0.05, 0.1) is 7.11 Å². The molecule has 0 spiro atoms. The van der Waals surface area contributed by atoms with Crippen LogP contribution in [0.15, 0.2) is 30.3 Å². The van der Waals surface area contributed by atoms with Gasteiger partial charge >= 0.3 is 12.1 Å². The maximum Gasteiger partial charge on any atom is 0.408 e. The first-order chi connectivity index (χ1) is 10.1. The van der Waals surface area contributed by atoms with Crippen molar-refractivity contribution in [3.8, 4) is 12.3 Å². The highest BCUT2D eigenvalue weighted by molar-refractivity contribution is 5.87. The predicted molar refractivity (Wildman–Crippen MR) is 76.1 cm³/mol. The molecular weight excluding hydrogens is 270 g/mol. The lowest BCUT2D eigenvalue weighted by Crippen LogP contribution is -2.62. The van der Waals surface area contributed by atoms with Crippen LogP contribution in [0, 0.1) is 18.3 Å². The number of methoxy groups -OCH3 is 1. The van der Waals surface area contributed by atoms with Gasteiger partial charge in [-0.25, -0.2) is 9.59 Å². The fourth-order valence-electron chi connectivity index (χ4n) is 2.37. The highest BCUT2D eigenvalue weighted by atomic mass is 16.6. The second-order valence-corrected chi connectivity index (χ2v) is 5.03. The summed E-state index contributed by atoms with van der Waals surface area (Å²) in [5.74, 6) is 2.04. The van der Waals surface area contributed by atoms with Gasteiger partial charge in [0, 0.05) is 5.92 Å². The second-order valence-electron chi connectivity index (χ2n) is 5.03. The summed E-state index contributed by atoms with van der Waals surface area (Å²) < 4.78 is 9.85. The van der Waals surface area contributed by atoms with Crippen LogP contribution in [-0.4, -0.2) is 24.7 Å². The molecule has 1 saturated carbocycles. The summed E-state index contributed by atoms with van der Waals surface area (Å²) in [6.45, 7) is 0.141. The Bertz CT molecular complexity index is 555. The van der Waals surface area contributed by atoms with Crippen molar-refractivity contribution in [2.75, 3.05) is 7.11 Å². The molecule has 0 aromatic heterocycles. The third-order valence-corrected chi connectivity index (χ3v) is 3.56. The third-order valence-electron chi connectivity index (χ3n) is 3.56. The molecule has 1 aliphatic carbocycles. The van der Waals surface area contributed by atoms with Crippen LogP contribution >= 0.6 is 0 Å². The number of nitrogens with one attached hydrogen (secondary N) is 1. The monoisotopic (exact) mass is 287 g/mol. The second kappa shape index (κ2) is 6.31. The van der Waals surface area contributed by atoms with Crippen LogP contribution in [0.4, 0.5) is 4.79 Å². The topological polar surface area (TPSA) is 64.6 Å². The van der Waals surface area contributed by atoms with Gasteiger partial charge in [-0.15, -0.1) is 12.3 Å². The van der Waals surface area contributed by atoms with Crippen LogP contribution in [-0.2, 0) is 20.9 Å². The maximum atomic E-state index is 11.8. The van der Waals surface area contributed by atoms with Crippen molar-refractivity contribution in [1.82, 2.24) is 5.32 Å². The Morgan fingerprint density at radius 3 is 2.62 bits per heavy atom. The Labute approximate surface area is 123 Å². The van der Waals surface area contributed by atoms with Crippen LogP contribution in [0.1, 0.15) is 18.4 Å². The summed E-state index contributed by atoms with van der Waals surface area (Å²) in [7, 11) is 1.28. The van der Waals surface area contributed by atoms with Gasteiger partial charge in [-0.3, -0.25) is 0 Å². The van der Waals surface area contributed by atoms with E-state index in [4.69, 9.17) is 15.9 Å². The number of hydrogen-bond acceptors (Lipinski definition) is 4. The zero-order valence-electron chi connectivity index (χ0n) is 11.8. The van der Waals surface area contributed by atoms with Crippen molar-refractivity contribution in [1.29, 1.82) is 0 Å². The van der Waals surface area contributed by atoms with Crippen LogP contribution in [0.2, 0.25) is 0 Å². The smallest absolute Gasteiger partial charge is 0.408 e. The van der Waals surface area contributed by atoms with E-state index in [0.29, 0.717) is 12.8 Å². The molecule has 0 saturated heterocycles. The zero-order valence-corrected chi connectivity index (χ0v) is 11.8. The first-order valence-corrected chi connectivity index (χ1v) is 6.63. The number of rotatable bonds is 4. The SMILES string of the molecule is C#CC1CC(NC(=O)OCc2ccccc2)(C(=O)OC)C1. The molecule has 0 heterocycles. The minimum Gasteiger partial charge on any atom is -0.467 e. The number of terminal acetylenes is 1. The number of alkyl carbamates (subject to hydrolysis) is 1. The van der Waals surface area contributed by atoms with Crippen LogP contribution < -0.4 is 5.32 Å². The minimum absolute atomic E-state index is 0.0291. The molecule has 1 N–H and O–H groups in total. The quantitative estimate of drug-likeness (QED) is 0.678. The summed E-state index contributed by atoms with van der Waals surface area (Å²) in [5, 5.41) is 2.58. The van der Waals surface area contributed by atoms with Crippen molar-refractivity contribution < 1.29 is 19.1 Å². The maximum absolute atomic E-state index is 11.8. The van der Waals surface area contributed by atoms with E-state index < -0.39 is 17.6 Å². The molecule has 1 fully saturated rings. The van der Waals surface area contributed by atoms with Gasteiger partial charge in [0.15, 0.2) is 0 Å². The van der Waals surface area contributed by atoms with Gasteiger partial charge < -0.3 is 14.8 Å². The van der Waals surface area contributed by atoms with Crippen molar-refractivity contribution in [2.45, 2.75) is 25.0 Å². The largest absolute Gasteiger partial charge is 0.467 e. The summed E-state index contributed by atoms with van der Waals surface area (Å²) in [6, 6.07) is 9.29. The van der Waals surface area contributed by atoms with Gasteiger partial charge in [-0.2, -0.15) is 0 Å². The van der Waals surface area contributed by atoms with Crippen LogP contribution in [0.3, 0.4) is 0 Å². The molecular formula is C16H17NO4. The van der Waals surface area contributed by atoms with E-state index in [2.05, 4.69) is 11.2 Å². The van der Waals surface area contributed by atoms with Crippen molar-refractivity contribution >= 4 is 12.1 Å². The van der Waals surface area contributed by atoms with Gasteiger partial charge in [0.1, 0.15) is 12.1 Å². The molecule has 0 radical (unpaired) electrons. The number of benzene rings is 1. The molecule has 21 heavy (non-hydrogen) atoms. The summed E-state index contributed by atoms with van der Waals surface area (Å²) >= 11 is 0. The Kier molecular flexibility index (Phi) is 4.49. The Morgan fingerprint density at radius 1 is 1.38 bits per heavy atom. The molecule has 110 valence electrons. The first-order valence-electron chi connectivity index (χ1n) is 6.63. The number of amides is 1. The molecule has 0 aliphatic heterocycles. The van der Waals surface area contributed by atoms with Crippen molar-refractivity contribution in [3.05, 3.63) is 35.9 Å². The number of carbonyl (C=O) groups is 2. The lowest BCUT2D eigenvalue weighted by atomic mass is 9.68. The van der Waals surface area contributed by atoms with E-state index in [-0.39, 0.29) is 12.5 Å². The molecule has 0 bridgehead atoms. The molecule has 5 heteroatoms.